The van der Waals surface area contributed by atoms with Crippen molar-refractivity contribution in [1.82, 2.24) is 14.8 Å². The fourth-order valence-electron chi connectivity index (χ4n) is 0.818. The zero-order valence-electron chi connectivity index (χ0n) is 7.23. The molecule has 7 heteroatoms. The first-order valence-corrected chi connectivity index (χ1v) is 3.75. The highest BCUT2D eigenvalue weighted by molar-refractivity contribution is 5.69. The van der Waals surface area contributed by atoms with E-state index in [-0.39, 0.29) is 18.4 Å². The first-order chi connectivity index (χ1) is 6.13. The maximum atomic E-state index is 11.0. The summed E-state index contributed by atoms with van der Waals surface area (Å²) in [5.41, 5.74) is 10.6. The number of carbonyl (C=O) groups is 1. The van der Waals surface area contributed by atoms with Gasteiger partial charge in [0.1, 0.15) is 6.54 Å². The van der Waals surface area contributed by atoms with Crippen LogP contribution < -0.4 is 11.5 Å². The average molecular weight is 185 g/mol. The van der Waals surface area contributed by atoms with E-state index in [1.807, 2.05) is 0 Å². The van der Waals surface area contributed by atoms with Gasteiger partial charge in [0.2, 0.25) is 11.9 Å². The summed E-state index contributed by atoms with van der Waals surface area (Å²) in [6.07, 6.45) is 0. The number of ether oxygens (including phenoxy) is 1. The van der Waals surface area contributed by atoms with Gasteiger partial charge in [0.15, 0.2) is 0 Å². The summed E-state index contributed by atoms with van der Waals surface area (Å²) in [4.78, 5) is 14.6. The molecule has 0 saturated heterocycles. The van der Waals surface area contributed by atoms with Crippen molar-refractivity contribution in [3.05, 3.63) is 0 Å². The first kappa shape index (κ1) is 9.30. The summed E-state index contributed by atoms with van der Waals surface area (Å²) < 4.78 is 5.87. The molecular weight excluding hydrogens is 174 g/mol. The van der Waals surface area contributed by atoms with Crippen molar-refractivity contribution in [2.45, 2.75) is 13.5 Å². The Morgan fingerprint density at radius 1 is 1.62 bits per heavy atom. The molecule has 0 fully saturated rings. The third-order valence-electron chi connectivity index (χ3n) is 1.30. The van der Waals surface area contributed by atoms with E-state index in [0.29, 0.717) is 6.61 Å². The molecule has 1 heterocycles. The number of hydrogen-bond donors (Lipinski definition) is 2. The van der Waals surface area contributed by atoms with Crippen LogP contribution in [0.4, 0.5) is 11.9 Å². The molecule has 0 aliphatic heterocycles. The SMILES string of the molecule is CCOC(=O)Cn1nc(N)nc1N. The van der Waals surface area contributed by atoms with Crippen molar-refractivity contribution in [2.75, 3.05) is 18.1 Å². The van der Waals surface area contributed by atoms with Crippen molar-refractivity contribution < 1.29 is 9.53 Å². The Morgan fingerprint density at radius 3 is 2.77 bits per heavy atom. The zero-order chi connectivity index (χ0) is 9.84. The molecule has 0 spiro atoms. The largest absolute Gasteiger partial charge is 0.465 e. The maximum Gasteiger partial charge on any atom is 0.327 e. The van der Waals surface area contributed by atoms with Crippen molar-refractivity contribution in [2.24, 2.45) is 0 Å². The molecule has 0 amide bonds. The number of anilines is 2. The molecule has 0 aromatic carbocycles. The Morgan fingerprint density at radius 2 is 2.31 bits per heavy atom. The van der Waals surface area contributed by atoms with E-state index >= 15 is 0 Å². The second kappa shape index (κ2) is 3.74. The van der Waals surface area contributed by atoms with Crippen molar-refractivity contribution in [3.8, 4) is 0 Å². The molecular formula is C6H11N5O2. The van der Waals surface area contributed by atoms with Crippen LogP contribution in [0.15, 0.2) is 0 Å². The Kier molecular flexibility index (Phi) is 2.68. The lowest BCUT2D eigenvalue weighted by atomic mass is 10.6. The number of nitrogen functional groups attached to an aromatic ring is 2. The summed E-state index contributed by atoms with van der Waals surface area (Å²) in [7, 11) is 0. The van der Waals surface area contributed by atoms with E-state index in [1.165, 1.54) is 4.68 Å². The van der Waals surface area contributed by atoms with Crippen LogP contribution in [-0.2, 0) is 16.1 Å². The summed E-state index contributed by atoms with van der Waals surface area (Å²) in [5, 5.41) is 3.69. The molecule has 7 nitrogen and oxygen atoms in total. The van der Waals surface area contributed by atoms with Gasteiger partial charge in [-0.25, -0.2) is 4.68 Å². The molecule has 1 rings (SSSR count). The van der Waals surface area contributed by atoms with Crippen molar-refractivity contribution in [1.29, 1.82) is 0 Å². The van der Waals surface area contributed by atoms with Gasteiger partial charge in [-0.3, -0.25) is 4.79 Å². The van der Waals surface area contributed by atoms with Crippen LogP contribution in [0.1, 0.15) is 6.92 Å². The summed E-state index contributed by atoms with van der Waals surface area (Å²) in [5.74, 6) is -0.272. The van der Waals surface area contributed by atoms with Crippen LogP contribution in [-0.4, -0.2) is 27.3 Å². The third kappa shape index (κ3) is 2.32. The number of nitrogens with two attached hydrogens (primary N) is 2. The second-order valence-electron chi connectivity index (χ2n) is 2.29. The molecule has 1 aromatic rings. The molecule has 0 saturated carbocycles. The molecule has 72 valence electrons. The van der Waals surface area contributed by atoms with Crippen LogP contribution >= 0.6 is 0 Å². The Labute approximate surface area is 74.7 Å². The van der Waals surface area contributed by atoms with Gasteiger partial charge in [0, 0.05) is 0 Å². The molecule has 13 heavy (non-hydrogen) atoms. The number of nitrogens with zero attached hydrogens (tertiary/aromatic N) is 3. The van der Waals surface area contributed by atoms with Gasteiger partial charge in [0.05, 0.1) is 6.61 Å². The lowest BCUT2D eigenvalue weighted by molar-refractivity contribution is -0.143. The van der Waals surface area contributed by atoms with Gasteiger partial charge in [-0.1, -0.05) is 0 Å². The molecule has 1 aromatic heterocycles. The Balaban J connectivity index is 2.63. The van der Waals surface area contributed by atoms with Crippen LogP contribution in [0.2, 0.25) is 0 Å². The predicted molar refractivity (Wildman–Crippen MR) is 45.5 cm³/mol. The smallest absolute Gasteiger partial charge is 0.327 e. The van der Waals surface area contributed by atoms with E-state index in [0.717, 1.165) is 0 Å². The van der Waals surface area contributed by atoms with Gasteiger partial charge in [-0.05, 0) is 6.92 Å². The number of esters is 1. The van der Waals surface area contributed by atoms with Crippen molar-refractivity contribution >= 4 is 17.9 Å². The average Bonchev–Trinajstić information content (AvgIpc) is 2.30. The summed E-state index contributed by atoms with van der Waals surface area (Å²) in [6.45, 7) is 1.98. The van der Waals surface area contributed by atoms with E-state index in [9.17, 15) is 4.79 Å². The van der Waals surface area contributed by atoms with E-state index in [4.69, 9.17) is 11.5 Å². The highest BCUT2D eigenvalue weighted by Crippen LogP contribution is 2.00. The highest BCUT2D eigenvalue weighted by Gasteiger charge is 2.08. The summed E-state index contributed by atoms with van der Waals surface area (Å²) >= 11 is 0. The third-order valence-corrected chi connectivity index (χ3v) is 1.30. The van der Waals surface area contributed by atoms with E-state index in [2.05, 4.69) is 14.8 Å². The summed E-state index contributed by atoms with van der Waals surface area (Å²) in [6, 6.07) is 0. The van der Waals surface area contributed by atoms with Crippen LogP contribution in [0.25, 0.3) is 0 Å². The van der Waals surface area contributed by atoms with Crippen LogP contribution in [0.5, 0.6) is 0 Å². The molecule has 4 N–H and O–H groups in total. The minimum Gasteiger partial charge on any atom is -0.465 e. The minimum atomic E-state index is -0.417. The fourth-order valence-corrected chi connectivity index (χ4v) is 0.818. The molecule has 0 bridgehead atoms. The molecule has 0 radical (unpaired) electrons. The van der Waals surface area contributed by atoms with Crippen LogP contribution in [0, 0.1) is 0 Å². The standard InChI is InChI=1S/C6H11N5O2/c1-2-13-4(12)3-11-6(8)9-5(7)10-11/h2-3H2,1H3,(H4,7,8,9,10). The molecule has 0 atom stereocenters. The second-order valence-corrected chi connectivity index (χ2v) is 2.29. The zero-order valence-corrected chi connectivity index (χ0v) is 7.23. The molecule has 0 aliphatic rings. The topological polar surface area (TPSA) is 109 Å². The van der Waals surface area contributed by atoms with Gasteiger partial charge < -0.3 is 16.2 Å². The van der Waals surface area contributed by atoms with Gasteiger partial charge in [0.25, 0.3) is 0 Å². The van der Waals surface area contributed by atoms with Gasteiger partial charge in [-0.15, -0.1) is 5.10 Å². The lowest BCUT2D eigenvalue weighted by Gasteiger charge is -2.01. The van der Waals surface area contributed by atoms with Crippen LogP contribution in [0.3, 0.4) is 0 Å². The number of rotatable bonds is 3. The Hall–Kier alpha value is -1.79. The lowest BCUT2D eigenvalue weighted by Crippen LogP contribution is -2.16. The predicted octanol–water partition coefficient (Wildman–Crippen LogP) is -0.994. The molecule has 0 unspecified atom stereocenters. The number of carbonyl (C=O) groups excluding carboxylic acids is 1. The minimum absolute atomic E-state index is 0.0433. The fraction of sp³-hybridized carbons (Fsp3) is 0.500. The van der Waals surface area contributed by atoms with Gasteiger partial charge >= 0.3 is 5.97 Å². The molecule has 0 aliphatic carbocycles. The van der Waals surface area contributed by atoms with E-state index < -0.39 is 5.97 Å². The number of aromatic nitrogens is 3. The van der Waals surface area contributed by atoms with Gasteiger partial charge in [-0.2, -0.15) is 4.98 Å². The highest BCUT2D eigenvalue weighted by atomic mass is 16.5. The van der Waals surface area contributed by atoms with Crippen molar-refractivity contribution in [3.63, 3.8) is 0 Å². The monoisotopic (exact) mass is 185 g/mol. The normalized spacial score (nSPS) is 9.92. The van der Waals surface area contributed by atoms with E-state index in [1.54, 1.807) is 6.92 Å². The number of hydrogen-bond acceptors (Lipinski definition) is 6. The first-order valence-electron chi connectivity index (χ1n) is 3.75. The maximum absolute atomic E-state index is 11.0. The Bertz CT molecular complexity index is 308. The quantitative estimate of drug-likeness (QED) is 0.585.